The summed E-state index contributed by atoms with van der Waals surface area (Å²) < 4.78 is 0. The Bertz CT molecular complexity index is 334. The molecule has 16 heavy (non-hydrogen) atoms. The molecule has 0 aliphatic carbocycles. The third-order valence-electron chi connectivity index (χ3n) is 1.94. The van der Waals surface area contributed by atoms with Crippen molar-refractivity contribution >= 4 is 17.5 Å². The molecule has 1 aromatic heterocycles. The van der Waals surface area contributed by atoms with E-state index in [2.05, 4.69) is 34.7 Å². The predicted molar refractivity (Wildman–Crippen MR) is 64.3 cm³/mol. The topological polar surface area (TPSA) is 66.9 Å². The molecule has 0 aliphatic heterocycles. The van der Waals surface area contributed by atoms with Gasteiger partial charge in [-0.25, -0.2) is 0 Å². The molecular formula is C11H18N4O. The summed E-state index contributed by atoms with van der Waals surface area (Å²) in [5.41, 5.74) is 0. The normalized spacial score (nSPS) is 10.2. The Labute approximate surface area is 95.7 Å². The van der Waals surface area contributed by atoms with Gasteiger partial charge in [-0.05, 0) is 18.1 Å². The fraction of sp³-hybridized carbons (Fsp3) is 0.545. The SMILES string of the molecule is CCC(=O)Nc1ccc(NCC(C)C)nn1. The van der Waals surface area contributed by atoms with Crippen molar-refractivity contribution in [1.29, 1.82) is 0 Å². The summed E-state index contributed by atoms with van der Waals surface area (Å²) in [6.07, 6.45) is 0.440. The predicted octanol–water partition coefficient (Wildman–Crippen LogP) is 1.89. The lowest BCUT2D eigenvalue weighted by Crippen LogP contribution is -2.13. The van der Waals surface area contributed by atoms with Gasteiger partial charge < -0.3 is 10.6 Å². The number of aromatic nitrogens is 2. The van der Waals surface area contributed by atoms with Gasteiger partial charge in [-0.1, -0.05) is 20.8 Å². The van der Waals surface area contributed by atoms with Crippen LogP contribution in [0.25, 0.3) is 0 Å². The van der Waals surface area contributed by atoms with Crippen LogP contribution in [-0.4, -0.2) is 22.6 Å². The van der Waals surface area contributed by atoms with Crippen LogP contribution in [0.4, 0.5) is 11.6 Å². The van der Waals surface area contributed by atoms with Gasteiger partial charge >= 0.3 is 0 Å². The summed E-state index contributed by atoms with van der Waals surface area (Å²) in [5, 5.41) is 13.7. The summed E-state index contributed by atoms with van der Waals surface area (Å²) >= 11 is 0. The summed E-state index contributed by atoms with van der Waals surface area (Å²) in [4.78, 5) is 11.1. The van der Waals surface area contributed by atoms with Crippen LogP contribution in [0.3, 0.4) is 0 Å². The molecule has 0 aliphatic rings. The quantitative estimate of drug-likeness (QED) is 0.798. The Balaban J connectivity index is 2.51. The first kappa shape index (κ1) is 12.4. The molecule has 2 N–H and O–H groups in total. The molecular weight excluding hydrogens is 204 g/mol. The van der Waals surface area contributed by atoms with Gasteiger partial charge in [0.05, 0.1) is 0 Å². The summed E-state index contributed by atoms with van der Waals surface area (Å²) in [7, 11) is 0. The molecule has 5 heteroatoms. The van der Waals surface area contributed by atoms with Crippen LogP contribution in [0.2, 0.25) is 0 Å². The zero-order valence-corrected chi connectivity index (χ0v) is 9.95. The average molecular weight is 222 g/mol. The Morgan fingerprint density at radius 3 is 2.44 bits per heavy atom. The van der Waals surface area contributed by atoms with E-state index >= 15 is 0 Å². The van der Waals surface area contributed by atoms with E-state index in [0.717, 1.165) is 12.4 Å². The number of rotatable bonds is 5. The highest BCUT2D eigenvalue weighted by molar-refractivity contribution is 5.89. The van der Waals surface area contributed by atoms with Gasteiger partial charge in [0.2, 0.25) is 5.91 Å². The molecule has 1 heterocycles. The minimum absolute atomic E-state index is 0.0582. The van der Waals surface area contributed by atoms with Crippen molar-refractivity contribution in [1.82, 2.24) is 10.2 Å². The minimum atomic E-state index is -0.0582. The van der Waals surface area contributed by atoms with Gasteiger partial charge in [-0.2, -0.15) is 0 Å². The monoisotopic (exact) mass is 222 g/mol. The number of nitrogens with one attached hydrogen (secondary N) is 2. The van der Waals surface area contributed by atoms with E-state index in [9.17, 15) is 4.79 Å². The number of amides is 1. The molecule has 0 radical (unpaired) electrons. The molecule has 0 spiro atoms. The van der Waals surface area contributed by atoms with Crippen LogP contribution in [0.5, 0.6) is 0 Å². The Morgan fingerprint density at radius 1 is 1.31 bits per heavy atom. The first-order valence-corrected chi connectivity index (χ1v) is 5.49. The second kappa shape index (κ2) is 6.05. The molecule has 1 amide bonds. The third-order valence-corrected chi connectivity index (χ3v) is 1.94. The fourth-order valence-electron chi connectivity index (χ4n) is 1.03. The second-order valence-electron chi connectivity index (χ2n) is 3.98. The summed E-state index contributed by atoms with van der Waals surface area (Å²) in [6, 6.07) is 3.55. The standard InChI is InChI=1S/C11H18N4O/c1-4-11(16)13-10-6-5-9(14-15-10)12-7-8(2)3/h5-6,8H,4,7H2,1-3H3,(H,12,14)(H,13,15,16). The van der Waals surface area contributed by atoms with Crippen molar-refractivity contribution in [2.45, 2.75) is 27.2 Å². The van der Waals surface area contributed by atoms with E-state index in [1.54, 1.807) is 19.1 Å². The average Bonchev–Trinajstić information content (AvgIpc) is 2.28. The summed E-state index contributed by atoms with van der Waals surface area (Å²) in [5.74, 6) is 1.71. The van der Waals surface area contributed by atoms with Crippen LogP contribution >= 0.6 is 0 Å². The third kappa shape index (κ3) is 4.25. The molecule has 0 fully saturated rings. The lowest BCUT2D eigenvalue weighted by molar-refractivity contribution is -0.115. The zero-order chi connectivity index (χ0) is 12.0. The van der Waals surface area contributed by atoms with Crippen LogP contribution < -0.4 is 10.6 Å². The molecule has 0 saturated heterocycles. The van der Waals surface area contributed by atoms with Crippen molar-refractivity contribution < 1.29 is 4.79 Å². The Morgan fingerprint density at radius 2 is 1.94 bits per heavy atom. The van der Waals surface area contributed by atoms with Crippen molar-refractivity contribution in [3.05, 3.63) is 12.1 Å². The number of anilines is 2. The summed E-state index contributed by atoms with van der Waals surface area (Å²) in [6.45, 7) is 6.89. The Hall–Kier alpha value is -1.65. The van der Waals surface area contributed by atoms with Crippen LogP contribution in [-0.2, 0) is 4.79 Å². The number of hydrogen-bond donors (Lipinski definition) is 2. The van der Waals surface area contributed by atoms with Crippen LogP contribution in [0, 0.1) is 5.92 Å². The van der Waals surface area contributed by atoms with Gasteiger partial charge in [0.25, 0.3) is 0 Å². The molecule has 5 nitrogen and oxygen atoms in total. The first-order valence-electron chi connectivity index (χ1n) is 5.49. The molecule has 0 saturated carbocycles. The maximum atomic E-state index is 11.1. The van der Waals surface area contributed by atoms with E-state index in [0.29, 0.717) is 18.2 Å². The number of nitrogens with zero attached hydrogens (tertiary/aromatic N) is 2. The van der Waals surface area contributed by atoms with Crippen molar-refractivity contribution in [3.63, 3.8) is 0 Å². The number of hydrogen-bond acceptors (Lipinski definition) is 4. The van der Waals surface area contributed by atoms with Gasteiger partial charge in [0.1, 0.15) is 5.82 Å². The highest BCUT2D eigenvalue weighted by Gasteiger charge is 2.01. The van der Waals surface area contributed by atoms with E-state index < -0.39 is 0 Å². The molecule has 0 atom stereocenters. The van der Waals surface area contributed by atoms with Crippen molar-refractivity contribution in [3.8, 4) is 0 Å². The lowest BCUT2D eigenvalue weighted by atomic mass is 10.2. The van der Waals surface area contributed by atoms with E-state index in [1.165, 1.54) is 0 Å². The first-order chi connectivity index (χ1) is 7.61. The lowest BCUT2D eigenvalue weighted by Gasteiger charge is -2.07. The van der Waals surface area contributed by atoms with E-state index in [1.807, 2.05) is 0 Å². The van der Waals surface area contributed by atoms with Gasteiger partial charge in [0, 0.05) is 13.0 Å². The van der Waals surface area contributed by atoms with E-state index in [-0.39, 0.29) is 5.91 Å². The number of carbonyl (C=O) groups excluding carboxylic acids is 1. The van der Waals surface area contributed by atoms with Crippen LogP contribution in [0.1, 0.15) is 27.2 Å². The zero-order valence-electron chi connectivity index (χ0n) is 9.95. The van der Waals surface area contributed by atoms with Gasteiger partial charge in [-0.15, -0.1) is 10.2 Å². The van der Waals surface area contributed by atoms with Gasteiger partial charge in [-0.3, -0.25) is 4.79 Å². The molecule has 1 rings (SSSR count). The maximum absolute atomic E-state index is 11.1. The molecule has 0 aromatic carbocycles. The second-order valence-corrected chi connectivity index (χ2v) is 3.98. The number of carbonyl (C=O) groups is 1. The molecule has 88 valence electrons. The molecule has 0 bridgehead atoms. The van der Waals surface area contributed by atoms with Gasteiger partial charge in [0.15, 0.2) is 5.82 Å². The minimum Gasteiger partial charge on any atom is -0.368 e. The molecule has 1 aromatic rings. The Kier molecular flexibility index (Phi) is 4.69. The highest BCUT2D eigenvalue weighted by Crippen LogP contribution is 2.06. The van der Waals surface area contributed by atoms with Crippen LogP contribution in [0.15, 0.2) is 12.1 Å². The maximum Gasteiger partial charge on any atom is 0.225 e. The van der Waals surface area contributed by atoms with Crippen molar-refractivity contribution in [2.75, 3.05) is 17.2 Å². The smallest absolute Gasteiger partial charge is 0.225 e. The fourth-order valence-corrected chi connectivity index (χ4v) is 1.03. The highest BCUT2D eigenvalue weighted by atomic mass is 16.1. The molecule has 0 unspecified atom stereocenters. The largest absolute Gasteiger partial charge is 0.368 e. The van der Waals surface area contributed by atoms with E-state index in [4.69, 9.17) is 0 Å². The van der Waals surface area contributed by atoms with Crippen molar-refractivity contribution in [2.24, 2.45) is 5.92 Å².